The lowest BCUT2D eigenvalue weighted by atomic mass is 9.94. The van der Waals surface area contributed by atoms with Crippen LogP contribution in [0.4, 0.5) is 5.69 Å². The summed E-state index contributed by atoms with van der Waals surface area (Å²) in [5.74, 6) is 3.64. The van der Waals surface area contributed by atoms with Crippen molar-refractivity contribution in [1.29, 1.82) is 0 Å². The average Bonchev–Trinajstić information content (AvgIpc) is 3.23. The molecule has 4 heteroatoms. The monoisotopic (exact) mass is 282 g/mol. The molecule has 0 amide bonds. The number of aromatic nitrogens is 1. The van der Waals surface area contributed by atoms with Crippen molar-refractivity contribution in [3.8, 4) is 17.4 Å². The minimum absolute atomic E-state index is 0.462. The first-order valence-electron chi connectivity index (χ1n) is 7.38. The maximum absolute atomic E-state index is 5.99. The molecule has 4 rings (SSSR count). The first-order chi connectivity index (χ1) is 10.2. The zero-order chi connectivity index (χ0) is 14.4. The number of rotatable bonds is 3. The molecule has 1 aliphatic carbocycles. The Balaban J connectivity index is 1.72. The van der Waals surface area contributed by atoms with E-state index in [1.165, 1.54) is 24.0 Å². The summed E-state index contributed by atoms with van der Waals surface area (Å²) in [4.78, 5) is 4.22. The normalized spacial score (nSPS) is 20.0. The van der Waals surface area contributed by atoms with Crippen LogP contribution in [0.15, 0.2) is 30.5 Å². The topological polar surface area (TPSA) is 57.4 Å². The zero-order valence-electron chi connectivity index (χ0n) is 12.0. The molecular weight excluding hydrogens is 264 g/mol. The van der Waals surface area contributed by atoms with E-state index in [1.807, 2.05) is 12.1 Å². The van der Waals surface area contributed by atoms with Gasteiger partial charge in [-0.05, 0) is 43.4 Å². The van der Waals surface area contributed by atoms with Crippen molar-refractivity contribution in [2.24, 2.45) is 5.92 Å². The second-order valence-electron chi connectivity index (χ2n) is 5.91. The summed E-state index contributed by atoms with van der Waals surface area (Å²) in [6.45, 7) is 2.86. The molecule has 0 radical (unpaired) electrons. The molecule has 1 saturated carbocycles. The van der Waals surface area contributed by atoms with E-state index < -0.39 is 0 Å². The Kier molecular flexibility index (Phi) is 2.77. The summed E-state index contributed by atoms with van der Waals surface area (Å²) < 4.78 is 11.9. The molecule has 1 aliphatic heterocycles. The van der Waals surface area contributed by atoms with Crippen molar-refractivity contribution in [3.05, 3.63) is 41.6 Å². The number of nitrogens with two attached hydrogens (primary N) is 1. The molecule has 2 aromatic rings. The number of benzene rings is 1. The highest BCUT2D eigenvalue weighted by molar-refractivity contribution is 5.55. The summed E-state index contributed by atoms with van der Waals surface area (Å²) in [6, 6.07) is 7.66. The van der Waals surface area contributed by atoms with Gasteiger partial charge in [0.2, 0.25) is 5.88 Å². The lowest BCUT2D eigenvalue weighted by Crippen LogP contribution is -2.03. The van der Waals surface area contributed by atoms with Crippen LogP contribution in [0.25, 0.3) is 0 Å². The van der Waals surface area contributed by atoms with Gasteiger partial charge in [0, 0.05) is 17.5 Å². The maximum atomic E-state index is 5.99. The number of fused-ring (bicyclic) bond motifs is 1. The molecule has 2 N–H and O–H groups in total. The van der Waals surface area contributed by atoms with Gasteiger partial charge in [0.15, 0.2) is 0 Å². The third-order valence-electron chi connectivity index (χ3n) is 4.30. The van der Waals surface area contributed by atoms with Crippen LogP contribution < -0.4 is 15.2 Å². The van der Waals surface area contributed by atoms with E-state index in [0.717, 1.165) is 24.0 Å². The maximum Gasteiger partial charge on any atom is 0.219 e. The van der Waals surface area contributed by atoms with Crippen LogP contribution in [0.5, 0.6) is 17.4 Å². The summed E-state index contributed by atoms with van der Waals surface area (Å²) >= 11 is 0. The minimum atomic E-state index is 0.462. The molecule has 1 unspecified atom stereocenters. The van der Waals surface area contributed by atoms with Gasteiger partial charge >= 0.3 is 0 Å². The molecule has 0 spiro atoms. The van der Waals surface area contributed by atoms with Crippen molar-refractivity contribution in [1.82, 2.24) is 4.98 Å². The number of nitrogen functional groups attached to an aromatic ring is 1. The van der Waals surface area contributed by atoms with E-state index in [4.69, 9.17) is 15.2 Å². The van der Waals surface area contributed by atoms with Crippen LogP contribution in [0, 0.1) is 12.8 Å². The fourth-order valence-corrected chi connectivity index (χ4v) is 3.01. The molecule has 4 nitrogen and oxygen atoms in total. The highest BCUT2D eigenvalue weighted by Crippen LogP contribution is 2.53. The molecule has 21 heavy (non-hydrogen) atoms. The predicted octanol–water partition coefficient (Wildman–Crippen LogP) is 3.65. The molecule has 1 aromatic heterocycles. The highest BCUT2D eigenvalue weighted by Gasteiger charge is 2.40. The molecule has 2 aliphatic rings. The Hall–Kier alpha value is -2.23. The molecular formula is C17H18N2O2. The van der Waals surface area contributed by atoms with Gasteiger partial charge in [0.1, 0.15) is 11.5 Å². The standard InChI is InChI=1S/C17H18N2O2/c1-10-2-6-14(21-15-7-5-12(18)8-19-15)16-13(11-3-4-11)9-20-17(10)16/h2,5-8,11,13H,3-4,9,18H2,1H3. The quantitative estimate of drug-likeness (QED) is 0.933. The summed E-state index contributed by atoms with van der Waals surface area (Å²) in [7, 11) is 0. The van der Waals surface area contributed by atoms with Gasteiger partial charge in [-0.25, -0.2) is 4.98 Å². The number of anilines is 1. The number of nitrogens with zero attached hydrogens (tertiary/aromatic N) is 1. The van der Waals surface area contributed by atoms with E-state index in [-0.39, 0.29) is 0 Å². The second-order valence-corrected chi connectivity index (χ2v) is 5.91. The molecule has 108 valence electrons. The van der Waals surface area contributed by atoms with Gasteiger partial charge in [-0.3, -0.25) is 0 Å². The van der Waals surface area contributed by atoms with Gasteiger partial charge in [0.05, 0.1) is 18.5 Å². The van der Waals surface area contributed by atoms with Gasteiger partial charge < -0.3 is 15.2 Å². The van der Waals surface area contributed by atoms with Crippen LogP contribution >= 0.6 is 0 Å². The largest absolute Gasteiger partial charge is 0.492 e. The van der Waals surface area contributed by atoms with Crippen molar-refractivity contribution in [2.45, 2.75) is 25.7 Å². The number of ether oxygens (including phenoxy) is 2. The molecule has 1 fully saturated rings. The lowest BCUT2D eigenvalue weighted by Gasteiger charge is -2.14. The van der Waals surface area contributed by atoms with Crippen molar-refractivity contribution in [3.63, 3.8) is 0 Å². The number of aryl methyl sites for hydroxylation is 1. The predicted molar refractivity (Wildman–Crippen MR) is 80.9 cm³/mol. The third-order valence-corrected chi connectivity index (χ3v) is 4.30. The Bertz CT molecular complexity index is 678. The smallest absolute Gasteiger partial charge is 0.219 e. The molecule has 1 atom stereocenters. The van der Waals surface area contributed by atoms with Gasteiger partial charge in [-0.1, -0.05) is 6.07 Å². The fraction of sp³-hybridized carbons (Fsp3) is 0.353. The number of hydrogen-bond acceptors (Lipinski definition) is 4. The first-order valence-corrected chi connectivity index (χ1v) is 7.38. The van der Waals surface area contributed by atoms with Gasteiger partial charge in [-0.2, -0.15) is 0 Å². The van der Waals surface area contributed by atoms with E-state index >= 15 is 0 Å². The van der Waals surface area contributed by atoms with Crippen LogP contribution in [-0.4, -0.2) is 11.6 Å². The van der Waals surface area contributed by atoms with E-state index in [1.54, 1.807) is 18.3 Å². The SMILES string of the molecule is Cc1ccc(Oc2ccc(N)cn2)c2c1OCC2C1CC1. The highest BCUT2D eigenvalue weighted by atomic mass is 16.5. The number of pyridine rings is 1. The summed E-state index contributed by atoms with van der Waals surface area (Å²) in [5.41, 5.74) is 8.69. The first kappa shape index (κ1) is 12.5. The Morgan fingerprint density at radius 3 is 2.81 bits per heavy atom. The van der Waals surface area contributed by atoms with E-state index in [9.17, 15) is 0 Å². The molecule has 2 heterocycles. The van der Waals surface area contributed by atoms with E-state index in [0.29, 0.717) is 17.5 Å². The second kappa shape index (κ2) is 4.65. The molecule has 0 saturated heterocycles. The third kappa shape index (κ3) is 2.20. The van der Waals surface area contributed by atoms with Crippen LogP contribution in [0.1, 0.15) is 29.9 Å². The summed E-state index contributed by atoms with van der Waals surface area (Å²) in [6.07, 6.45) is 4.20. The zero-order valence-corrected chi connectivity index (χ0v) is 12.0. The van der Waals surface area contributed by atoms with Crippen LogP contribution in [0.3, 0.4) is 0 Å². The Labute approximate surface area is 123 Å². The average molecular weight is 282 g/mol. The van der Waals surface area contributed by atoms with Crippen molar-refractivity contribution >= 4 is 5.69 Å². The van der Waals surface area contributed by atoms with Gasteiger partial charge in [-0.15, -0.1) is 0 Å². The van der Waals surface area contributed by atoms with Crippen molar-refractivity contribution in [2.75, 3.05) is 12.3 Å². The van der Waals surface area contributed by atoms with E-state index in [2.05, 4.69) is 11.9 Å². The van der Waals surface area contributed by atoms with Gasteiger partial charge in [0.25, 0.3) is 0 Å². The molecule has 0 bridgehead atoms. The lowest BCUT2D eigenvalue weighted by molar-refractivity contribution is 0.318. The van der Waals surface area contributed by atoms with Crippen LogP contribution in [0.2, 0.25) is 0 Å². The minimum Gasteiger partial charge on any atom is -0.492 e. The number of hydrogen-bond donors (Lipinski definition) is 1. The summed E-state index contributed by atoms with van der Waals surface area (Å²) in [5, 5.41) is 0. The Morgan fingerprint density at radius 1 is 1.24 bits per heavy atom. The fourth-order valence-electron chi connectivity index (χ4n) is 3.01. The Morgan fingerprint density at radius 2 is 2.10 bits per heavy atom. The molecule has 1 aromatic carbocycles. The van der Waals surface area contributed by atoms with Crippen molar-refractivity contribution < 1.29 is 9.47 Å². The van der Waals surface area contributed by atoms with Crippen LogP contribution in [-0.2, 0) is 0 Å².